The summed E-state index contributed by atoms with van der Waals surface area (Å²) in [7, 11) is 3.94. The van der Waals surface area contributed by atoms with E-state index in [1.165, 1.54) is 12.3 Å². The number of nitrogens with zero attached hydrogens (tertiary/aromatic N) is 2. The number of hydrogen-bond acceptors (Lipinski definition) is 4. The number of allylic oxidation sites excluding steroid dienone is 1. The summed E-state index contributed by atoms with van der Waals surface area (Å²) in [5.74, 6) is -1.53. The van der Waals surface area contributed by atoms with Gasteiger partial charge in [-0.15, -0.1) is 0 Å². The second kappa shape index (κ2) is 8.02. The van der Waals surface area contributed by atoms with Gasteiger partial charge in [-0.2, -0.15) is 0 Å². The lowest BCUT2D eigenvalue weighted by atomic mass is 10.1. The highest BCUT2D eigenvalue weighted by Gasteiger charge is 2.09. The van der Waals surface area contributed by atoms with Gasteiger partial charge < -0.3 is 15.1 Å². The average Bonchev–Trinajstić information content (AvgIpc) is 2.44. The second-order valence-corrected chi connectivity index (χ2v) is 5.01. The number of anilines is 1. The standard InChI is InChI=1S/C17H22N2O3/c1-5-18-11-14(17(21)22)16(20)9-7-13-6-8-15(19(3)4)12(2)10-13/h6-11,20H,5H2,1-4H3,(H,21,22)/b9-7+,16-14-,18-11?. The van der Waals surface area contributed by atoms with Gasteiger partial charge in [0.2, 0.25) is 0 Å². The Hall–Kier alpha value is -2.56. The molecule has 0 heterocycles. The van der Waals surface area contributed by atoms with Gasteiger partial charge in [-0.05, 0) is 43.2 Å². The van der Waals surface area contributed by atoms with E-state index >= 15 is 0 Å². The molecule has 0 saturated carbocycles. The van der Waals surface area contributed by atoms with Crippen LogP contribution in [0.2, 0.25) is 0 Å². The highest BCUT2D eigenvalue weighted by Crippen LogP contribution is 2.20. The summed E-state index contributed by atoms with van der Waals surface area (Å²) < 4.78 is 0. The highest BCUT2D eigenvalue weighted by atomic mass is 16.4. The molecule has 0 spiro atoms. The predicted molar refractivity (Wildman–Crippen MR) is 90.9 cm³/mol. The van der Waals surface area contributed by atoms with E-state index in [0.29, 0.717) is 6.54 Å². The van der Waals surface area contributed by atoms with E-state index in [-0.39, 0.29) is 11.3 Å². The average molecular weight is 302 g/mol. The molecular formula is C17H22N2O3. The van der Waals surface area contributed by atoms with Crippen LogP contribution in [0.1, 0.15) is 18.1 Å². The molecule has 0 fully saturated rings. The molecule has 118 valence electrons. The zero-order valence-corrected chi connectivity index (χ0v) is 13.4. The van der Waals surface area contributed by atoms with E-state index in [0.717, 1.165) is 16.8 Å². The Morgan fingerprint density at radius 1 is 1.32 bits per heavy atom. The SMILES string of the molecule is CCN=C/C(C(=O)O)=C(O)\C=C\c1ccc(N(C)C)c(C)c1. The fraction of sp³-hybridized carbons (Fsp3) is 0.294. The van der Waals surface area contributed by atoms with Gasteiger partial charge in [0.1, 0.15) is 11.3 Å². The number of aryl methyl sites for hydroxylation is 1. The van der Waals surface area contributed by atoms with Crippen molar-refractivity contribution in [3.05, 3.63) is 46.7 Å². The van der Waals surface area contributed by atoms with Gasteiger partial charge in [-0.1, -0.05) is 12.1 Å². The van der Waals surface area contributed by atoms with Crippen LogP contribution in [0.5, 0.6) is 0 Å². The number of carbonyl (C=O) groups is 1. The smallest absolute Gasteiger partial charge is 0.341 e. The van der Waals surface area contributed by atoms with Crippen LogP contribution >= 0.6 is 0 Å². The Bertz CT molecular complexity index is 629. The predicted octanol–water partition coefficient (Wildman–Crippen LogP) is 3.06. The van der Waals surface area contributed by atoms with Gasteiger partial charge in [0.15, 0.2) is 0 Å². The van der Waals surface area contributed by atoms with Crippen molar-refractivity contribution in [1.82, 2.24) is 0 Å². The number of hydrogen-bond donors (Lipinski definition) is 2. The van der Waals surface area contributed by atoms with Crippen LogP contribution < -0.4 is 4.90 Å². The number of aliphatic hydroxyl groups is 1. The molecule has 0 saturated heterocycles. The maximum Gasteiger partial charge on any atom is 0.341 e. The number of aliphatic hydroxyl groups excluding tert-OH is 1. The van der Waals surface area contributed by atoms with E-state index in [9.17, 15) is 9.90 Å². The van der Waals surface area contributed by atoms with Crippen molar-refractivity contribution < 1.29 is 15.0 Å². The first-order valence-corrected chi connectivity index (χ1v) is 6.99. The third kappa shape index (κ3) is 4.77. The lowest BCUT2D eigenvalue weighted by Gasteiger charge is -2.15. The first-order valence-electron chi connectivity index (χ1n) is 6.99. The molecule has 0 aliphatic rings. The van der Waals surface area contributed by atoms with Crippen LogP contribution in [0.15, 0.2) is 40.6 Å². The van der Waals surface area contributed by atoms with Gasteiger partial charge >= 0.3 is 5.97 Å². The van der Waals surface area contributed by atoms with Crippen LogP contribution in [0.3, 0.4) is 0 Å². The van der Waals surface area contributed by atoms with Crippen molar-refractivity contribution in [2.75, 3.05) is 25.5 Å². The molecule has 22 heavy (non-hydrogen) atoms. The molecule has 0 amide bonds. The Morgan fingerprint density at radius 2 is 2.00 bits per heavy atom. The zero-order valence-electron chi connectivity index (χ0n) is 13.4. The topological polar surface area (TPSA) is 73.1 Å². The molecule has 2 N–H and O–H groups in total. The maximum absolute atomic E-state index is 11.1. The third-order valence-electron chi connectivity index (χ3n) is 3.05. The molecule has 0 atom stereocenters. The van der Waals surface area contributed by atoms with Crippen molar-refractivity contribution in [2.45, 2.75) is 13.8 Å². The normalized spacial score (nSPS) is 12.7. The molecule has 1 rings (SSSR count). The van der Waals surface area contributed by atoms with Crippen LogP contribution in [0.4, 0.5) is 5.69 Å². The maximum atomic E-state index is 11.1. The number of carboxylic acids is 1. The summed E-state index contributed by atoms with van der Waals surface area (Å²) in [6.45, 7) is 4.25. The van der Waals surface area contributed by atoms with Crippen LogP contribution in [0, 0.1) is 6.92 Å². The Labute approximate surface area is 130 Å². The van der Waals surface area contributed by atoms with Crippen LogP contribution in [-0.2, 0) is 4.79 Å². The molecule has 0 bridgehead atoms. The second-order valence-electron chi connectivity index (χ2n) is 5.01. The Kier molecular flexibility index (Phi) is 6.38. The van der Waals surface area contributed by atoms with E-state index < -0.39 is 5.97 Å². The van der Waals surface area contributed by atoms with Crippen molar-refractivity contribution >= 4 is 23.9 Å². The summed E-state index contributed by atoms with van der Waals surface area (Å²) in [6.07, 6.45) is 4.21. The van der Waals surface area contributed by atoms with E-state index in [1.807, 2.05) is 44.1 Å². The van der Waals surface area contributed by atoms with Crippen molar-refractivity contribution in [1.29, 1.82) is 0 Å². The number of benzene rings is 1. The molecule has 1 aromatic rings. The molecule has 0 unspecified atom stereocenters. The first-order chi connectivity index (χ1) is 10.4. The fourth-order valence-corrected chi connectivity index (χ4v) is 1.96. The lowest BCUT2D eigenvalue weighted by Crippen LogP contribution is -2.09. The minimum absolute atomic E-state index is 0.222. The lowest BCUT2D eigenvalue weighted by molar-refractivity contribution is -0.132. The fourth-order valence-electron chi connectivity index (χ4n) is 1.96. The van der Waals surface area contributed by atoms with Crippen molar-refractivity contribution in [2.24, 2.45) is 4.99 Å². The summed E-state index contributed by atoms with van der Waals surface area (Å²) >= 11 is 0. The monoisotopic (exact) mass is 302 g/mol. The quantitative estimate of drug-likeness (QED) is 0.366. The number of carboxylic acid groups (broad SMARTS) is 1. The summed E-state index contributed by atoms with van der Waals surface area (Å²) in [5.41, 5.74) is 2.87. The molecule has 0 aliphatic carbocycles. The Morgan fingerprint density at radius 3 is 2.50 bits per heavy atom. The number of aliphatic imine (C=N–C) groups is 1. The Balaban J connectivity index is 3.06. The molecular weight excluding hydrogens is 280 g/mol. The molecule has 0 aromatic heterocycles. The zero-order chi connectivity index (χ0) is 16.7. The van der Waals surface area contributed by atoms with E-state index in [2.05, 4.69) is 4.99 Å². The van der Waals surface area contributed by atoms with Crippen LogP contribution in [-0.4, -0.2) is 43.0 Å². The largest absolute Gasteiger partial charge is 0.507 e. The highest BCUT2D eigenvalue weighted by molar-refractivity contribution is 6.09. The van der Waals surface area contributed by atoms with E-state index in [1.54, 1.807) is 13.0 Å². The van der Waals surface area contributed by atoms with Crippen LogP contribution in [0.25, 0.3) is 6.08 Å². The molecule has 5 nitrogen and oxygen atoms in total. The van der Waals surface area contributed by atoms with Gasteiger partial charge in [0, 0.05) is 32.5 Å². The summed E-state index contributed by atoms with van der Waals surface area (Å²) in [6, 6.07) is 5.86. The molecule has 1 aromatic carbocycles. The summed E-state index contributed by atoms with van der Waals surface area (Å²) in [4.78, 5) is 17.0. The van der Waals surface area contributed by atoms with Crippen molar-refractivity contribution in [3.63, 3.8) is 0 Å². The van der Waals surface area contributed by atoms with E-state index in [4.69, 9.17) is 5.11 Å². The van der Waals surface area contributed by atoms with Gasteiger partial charge in [-0.25, -0.2) is 4.79 Å². The minimum Gasteiger partial charge on any atom is -0.507 e. The number of rotatable bonds is 6. The first kappa shape index (κ1) is 17.5. The number of aliphatic carboxylic acids is 1. The molecule has 0 aliphatic heterocycles. The van der Waals surface area contributed by atoms with Gasteiger partial charge in [-0.3, -0.25) is 4.99 Å². The van der Waals surface area contributed by atoms with Gasteiger partial charge in [0.05, 0.1) is 0 Å². The minimum atomic E-state index is -1.21. The van der Waals surface area contributed by atoms with Crippen molar-refractivity contribution in [3.8, 4) is 0 Å². The summed E-state index contributed by atoms with van der Waals surface area (Å²) in [5, 5.41) is 19.0. The third-order valence-corrected chi connectivity index (χ3v) is 3.05. The van der Waals surface area contributed by atoms with Gasteiger partial charge in [0.25, 0.3) is 0 Å². The molecule has 5 heteroatoms. The molecule has 0 radical (unpaired) electrons.